The molecule has 27 heavy (non-hydrogen) atoms. The molecule has 1 aliphatic rings. The fourth-order valence-electron chi connectivity index (χ4n) is 3.55. The number of carbonyl (C=O) groups excluding carboxylic acids is 1. The third kappa shape index (κ3) is 6.36. The Labute approximate surface area is 162 Å². The van der Waals surface area contributed by atoms with Crippen LogP contribution in [0.1, 0.15) is 39.0 Å². The molecule has 1 aromatic carbocycles. The van der Waals surface area contributed by atoms with E-state index in [1.54, 1.807) is 6.20 Å². The minimum atomic E-state index is -0.144. The van der Waals surface area contributed by atoms with E-state index in [1.807, 2.05) is 42.6 Å². The van der Waals surface area contributed by atoms with Crippen LogP contribution < -0.4 is 10.6 Å². The Hall–Kier alpha value is -2.40. The smallest absolute Gasteiger partial charge is 0.319 e. The van der Waals surface area contributed by atoms with Crippen LogP contribution in [0.3, 0.4) is 0 Å². The van der Waals surface area contributed by atoms with E-state index in [1.165, 1.54) is 32.4 Å². The molecule has 0 aliphatic carbocycles. The number of pyridine rings is 1. The molecule has 0 saturated carbocycles. The molecule has 2 aromatic rings. The lowest BCUT2D eigenvalue weighted by molar-refractivity contribution is 0.221. The largest absolute Gasteiger partial charge is 0.335 e. The third-order valence-corrected chi connectivity index (χ3v) is 5.08. The molecule has 0 radical (unpaired) electrons. The Morgan fingerprint density at radius 2 is 1.89 bits per heavy atom. The van der Waals surface area contributed by atoms with E-state index in [0.717, 1.165) is 36.2 Å². The summed E-state index contributed by atoms with van der Waals surface area (Å²) in [6.45, 7) is 5.68. The number of likely N-dealkylation sites (tertiary alicyclic amines) is 1. The number of nitrogens with one attached hydrogen (secondary N) is 2. The standard InChI is InChI=1S/C22H30N4O/c1-18(7-6-16-26-14-3-2-4-15-26)24-22(27)25-21-11-9-19(10-12-21)20-8-5-13-23-17-20/h5,8-13,17-18H,2-4,6-7,14-16H2,1H3,(H2,24,25,27). The van der Waals surface area contributed by atoms with Crippen LogP contribution in [0, 0.1) is 0 Å². The van der Waals surface area contributed by atoms with E-state index >= 15 is 0 Å². The second-order valence-corrected chi connectivity index (χ2v) is 7.36. The molecule has 2 amide bonds. The summed E-state index contributed by atoms with van der Waals surface area (Å²) >= 11 is 0. The minimum Gasteiger partial charge on any atom is -0.335 e. The van der Waals surface area contributed by atoms with Crippen molar-refractivity contribution in [2.24, 2.45) is 0 Å². The monoisotopic (exact) mass is 366 g/mol. The van der Waals surface area contributed by atoms with Crippen molar-refractivity contribution in [2.75, 3.05) is 25.0 Å². The molecular weight excluding hydrogens is 336 g/mol. The van der Waals surface area contributed by atoms with E-state index in [2.05, 4.69) is 27.4 Å². The van der Waals surface area contributed by atoms with Crippen LogP contribution >= 0.6 is 0 Å². The highest BCUT2D eigenvalue weighted by molar-refractivity contribution is 5.89. The van der Waals surface area contributed by atoms with Gasteiger partial charge in [-0.2, -0.15) is 0 Å². The van der Waals surface area contributed by atoms with Crippen molar-refractivity contribution in [3.05, 3.63) is 48.8 Å². The average molecular weight is 367 g/mol. The van der Waals surface area contributed by atoms with Crippen molar-refractivity contribution in [3.63, 3.8) is 0 Å². The summed E-state index contributed by atoms with van der Waals surface area (Å²) in [5.74, 6) is 0. The second-order valence-electron chi connectivity index (χ2n) is 7.36. The van der Waals surface area contributed by atoms with Gasteiger partial charge < -0.3 is 15.5 Å². The molecule has 5 nitrogen and oxygen atoms in total. The number of benzene rings is 1. The molecule has 144 valence electrons. The van der Waals surface area contributed by atoms with Gasteiger partial charge in [-0.05, 0) is 81.6 Å². The third-order valence-electron chi connectivity index (χ3n) is 5.08. The maximum Gasteiger partial charge on any atom is 0.319 e. The number of rotatable bonds is 7. The molecule has 0 bridgehead atoms. The predicted molar refractivity (Wildman–Crippen MR) is 111 cm³/mol. The van der Waals surface area contributed by atoms with E-state index in [9.17, 15) is 4.79 Å². The molecular formula is C22H30N4O. The Kier molecular flexibility index (Phi) is 7.22. The first-order valence-corrected chi connectivity index (χ1v) is 10.0. The van der Waals surface area contributed by atoms with E-state index < -0.39 is 0 Å². The number of hydrogen-bond donors (Lipinski definition) is 2. The van der Waals surface area contributed by atoms with Crippen molar-refractivity contribution in [1.82, 2.24) is 15.2 Å². The second kappa shape index (κ2) is 10.1. The van der Waals surface area contributed by atoms with Crippen molar-refractivity contribution in [2.45, 2.75) is 45.1 Å². The Bertz CT molecular complexity index is 696. The zero-order valence-corrected chi connectivity index (χ0v) is 16.2. The molecule has 3 rings (SSSR count). The van der Waals surface area contributed by atoms with Crippen molar-refractivity contribution in [3.8, 4) is 11.1 Å². The van der Waals surface area contributed by atoms with Gasteiger partial charge in [0.2, 0.25) is 0 Å². The molecule has 2 heterocycles. The molecule has 2 N–H and O–H groups in total. The average Bonchev–Trinajstić information content (AvgIpc) is 2.70. The Morgan fingerprint density at radius 1 is 1.11 bits per heavy atom. The first kappa shape index (κ1) is 19.4. The summed E-state index contributed by atoms with van der Waals surface area (Å²) in [5, 5.41) is 5.95. The number of urea groups is 1. The summed E-state index contributed by atoms with van der Waals surface area (Å²) < 4.78 is 0. The SMILES string of the molecule is CC(CCCN1CCCCC1)NC(=O)Nc1ccc(-c2cccnc2)cc1. The fraction of sp³-hybridized carbons (Fsp3) is 0.455. The molecule has 0 spiro atoms. The van der Waals surface area contributed by atoms with Crippen molar-refractivity contribution >= 4 is 11.7 Å². The zero-order chi connectivity index (χ0) is 18.9. The number of carbonyl (C=O) groups is 1. The summed E-state index contributed by atoms with van der Waals surface area (Å²) in [6, 6.07) is 11.8. The number of nitrogens with zero attached hydrogens (tertiary/aromatic N) is 2. The first-order valence-electron chi connectivity index (χ1n) is 10.0. The quantitative estimate of drug-likeness (QED) is 0.757. The van der Waals surface area contributed by atoms with Gasteiger partial charge in [-0.1, -0.05) is 24.6 Å². The highest BCUT2D eigenvalue weighted by Crippen LogP contribution is 2.20. The number of anilines is 1. The van der Waals surface area contributed by atoms with Crippen LogP contribution in [0.25, 0.3) is 11.1 Å². The number of amides is 2. The Morgan fingerprint density at radius 3 is 2.59 bits per heavy atom. The van der Waals surface area contributed by atoms with Crippen LogP contribution in [-0.4, -0.2) is 41.6 Å². The molecule has 1 fully saturated rings. The Balaban J connectivity index is 1.39. The van der Waals surface area contributed by atoms with Crippen LogP contribution in [0.4, 0.5) is 10.5 Å². The highest BCUT2D eigenvalue weighted by Gasteiger charge is 2.11. The van der Waals surface area contributed by atoms with Gasteiger partial charge in [0.1, 0.15) is 0 Å². The maximum absolute atomic E-state index is 12.2. The number of piperidine rings is 1. The maximum atomic E-state index is 12.2. The lowest BCUT2D eigenvalue weighted by Gasteiger charge is -2.26. The van der Waals surface area contributed by atoms with Gasteiger partial charge in [0, 0.05) is 24.1 Å². The summed E-state index contributed by atoms with van der Waals surface area (Å²) in [4.78, 5) is 18.9. The number of hydrogen-bond acceptors (Lipinski definition) is 3. The summed E-state index contributed by atoms with van der Waals surface area (Å²) in [5.41, 5.74) is 2.94. The summed E-state index contributed by atoms with van der Waals surface area (Å²) in [7, 11) is 0. The number of aromatic nitrogens is 1. The van der Waals surface area contributed by atoms with Crippen LogP contribution in [0.15, 0.2) is 48.8 Å². The van der Waals surface area contributed by atoms with E-state index in [4.69, 9.17) is 0 Å². The zero-order valence-electron chi connectivity index (χ0n) is 16.2. The summed E-state index contributed by atoms with van der Waals surface area (Å²) in [6.07, 6.45) is 9.76. The van der Waals surface area contributed by atoms with Crippen molar-refractivity contribution < 1.29 is 4.79 Å². The lowest BCUT2D eigenvalue weighted by atomic mass is 10.1. The van der Waals surface area contributed by atoms with Gasteiger partial charge in [-0.3, -0.25) is 4.98 Å². The first-order chi connectivity index (χ1) is 13.2. The normalized spacial score (nSPS) is 15.9. The predicted octanol–water partition coefficient (Wildman–Crippen LogP) is 4.52. The fourth-order valence-corrected chi connectivity index (χ4v) is 3.55. The van der Waals surface area contributed by atoms with Crippen LogP contribution in [-0.2, 0) is 0 Å². The molecule has 1 saturated heterocycles. The van der Waals surface area contributed by atoms with Gasteiger partial charge in [-0.25, -0.2) is 4.79 Å². The van der Waals surface area contributed by atoms with Gasteiger partial charge in [0.05, 0.1) is 0 Å². The van der Waals surface area contributed by atoms with E-state index in [-0.39, 0.29) is 12.1 Å². The highest BCUT2D eigenvalue weighted by atomic mass is 16.2. The van der Waals surface area contributed by atoms with Gasteiger partial charge >= 0.3 is 6.03 Å². The van der Waals surface area contributed by atoms with Crippen molar-refractivity contribution in [1.29, 1.82) is 0 Å². The van der Waals surface area contributed by atoms with Crippen LogP contribution in [0.5, 0.6) is 0 Å². The van der Waals surface area contributed by atoms with Gasteiger partial charge in [0.15, 0.2) is 0 Å². The van der Waals surface area contributed by atoms with E-state index in [0.29, 0.717) is 0 Å². The van der Waals surface area contributed by atoms with Gasteiger partial charge in [0.25, 0.3) is 0 Å². The minimum absolute atomic E-state index is 0.144. The molecule has 1 aliphatic heterocycles. The molecule has 1 unspecified atom stereocenters. The molecule has 1 aromatic heterocycles. The van der Waals surface area contributed by atoms with Gasteiger partial charge in [-0.15, -0.1) is 0 Å². The lowest BCUT2D eigenvalue weighted by Crippen LogP contribution is -2.37. The molecule has 5 heteroatoms. The molecule has 1 atom stereocenters. The topological polar surface area (TPSA) is 57.3 Å². The van der Waals surface area contributed by atoms with Crippen LogP contribution in [0.2, 0.25) is 0 Å².